The van der Waals surface area contributed by atoms with Crippen LogP contribution in [0.2, 0.25) is 0 Å². The molecule has 4 aliphatic carbocycles. The van der Waals surface area contributed by atoms with Crippen molar-refractivity contribution in [3.63, 3.8) is 0 Å². The van der Waals surface area contributed by atoms with Crippen LogP contribution in [0.3, 0.4) is 0 Å². The van der Waals surface area contributed by atoms with Gasteiger partial charge in [-0.2, -0.15) is 0 Å². The Balaban J connectivity index is 1.34. The molecule has 0 saturated heterocycles. The third-order valence-electron chi connectivity index (χ3n) is 7.12. The van der Waals surface area contributed by atoms with E-state index in [-0.39, 0.29) is 11.4 Å². The van der Waals surface area contributed by atoms with Crippen molar-refractivity contribution in [2.45, 2.75) is 50.9 Å². The average Bonchev–Trinajstić information content (AvgIpc) is 3.12. The van der Waals surface area contributed by atoms with E-state index in [1.165, 1.54) is 61.0 Å². The van der Waals surface area contributed by atoms with Gasteiger partial charge in [0.15, 0.2) is 5.13 Å². The zero-order valence-electron chi connectivity index (χ0n) is 15.8. The van der Waals surface area contributed by atoms with Gasteiger partial charge in [0.1, 0.15) is 0 Å². The second-order valence-corrected chi connectivity index (χ2v) is 10.1. The molecule has 5 heteroatoms. The Bertz CT molecular complexity index is 816. The Morgan fingerprint density at radius 2 is 1.93 bits per heavy atom. The number of rotatable bonds is 4. The maximum atomic E-state index is 12.3. The SMILES string of the molecule is Cc1ccc(C23CC4CC(CC(CNC(=O)Nc5nccs5)(C4)C2)C3)cc1. The van der Waals surface area contributed by atoms with E-state index < -0.39 is 0 Å². The maximum Gasteiger partial charge on any atom is 0.321 e. The van der Waals surface area contributed by atoms with Crippen LogP contribution in [0, 0.1) is 24.2 Å². The molecule has 1 aromatic carbocycles. The highest BCUT2D eigenvalue weighted by Crippen LogP contribution is 2.65. The molecule has 2 atom stereocenters. The molecule has 4 saturated carbocycles. The first-order valence-corrected chi connectivity index (χ1v) is 10.9. The van der Waals surface area contributed by atoms with Crippen molar-refractivity contribution in [3.05, 3.63) is 47.0 Å². The summed E-state index contributed by atoms with van der Waals surface area (Å²) in [5.74, 6) is 1.63. The number of hydrogen-bond acceptors (Lipinski definition) is 3. The maximum absolute atomic E-state index is 12.3. The van der Waals surface area contributed by atoms with Gasteiger partial charge in [-0.3, -0.25) is 5.32 Å². The molecule has 4 nitrogen and oxygen atoms in total. The van der Waals surface area contributed by atoms with Crippen molar-refractivity contribution in [1.29, 1.82) is 0 Å². The van der Waals surface area contributed by atoms with Crippen LogP contribution in [0.5, 0.6) is 0 Å². The third-order valence-corrected chi connectivity index (χ3v) is 7.81. The number of nitrogens with zero attached hydrogens (tertiary/aromatic N) is 1. The summed E-state index contributed by atoms with van der Waals surface area (Å²) in [4.78, 5) is 16.5. The van der Waals surface area contributed by atoms with E-state index in [0.29, 0.717) is 10.5 Å². The summed E-state index contributed by atoms with van der Waals surface area (Å²) in [6, 6.07) is 9.13. The number of amides is 2. The molecule has 2 N–H and O–H groups in total. The summed E-state index contributed by atoms with van der Waals surface area (Å²) < 4.78 is 0. The molecule has 4 fully saturated rings. The largest absolute Gasteiger partial charge is 0.337 e. The van der Waals surface area contributed by atoms with Crippen molar-refractivity contribution >= 4 is 22.5 Å². The molecule has 0 radical (unpaired) electrons. The number of benzene rings is 1. The summed E-state index contributed by atoms with van der Waals surface area (Å²) >= 11 is 1.45. The minimum Gasteiger partial charge on any atom is -0.337 e. The van der Waals surface area contributed by atoms with Gasteiger partial charge in [-0.1, -0.05) is 29.8 Å². The lowest BCUT2D eigenvalue weighted by Crippen LogP contribution is -2.57. The highest BCUT2D eigenvalue weighted by atomic mass is 32.1. The van der Waals surface area contributed by atoms with Gasteiger partial charge in [0.25, 0.3) is 0 Å². The van der Waals surface area contributed by atoms with Crippen molar-refractivity contribution in [2.75, 3.05) is 11.9 Å². The third kappa shape index (κ3) is 3.16. The van der Waals surface area contributed by atoms with Crippen molar-refractivity contribution in [2.24, 2.45) is 17.3 Å². The van der Waals surface area contributed by atoms with Gasteiger partial charge in [-0.25, -0.2) is 9.78 Å². The van der Waals surface area contributed by atoms with Gasteiger partial charge in [-0.05, 0) is 73.7 Å². The number of anilines is 1. The van der Waals surface area contributed by atoms with Crippen molar-refractivity contribution in [3.8, 4) is 0 Å². The van der Waals surface area contributed by atoms with Gasteiger partial charge >= 0.3 is 6.03 Å². The van der Waals surface area contributed by atoms with E-state index in [2.05, 4.69) is 46.8 Å². The Morgan fingerprint density at radius 1 is 1.19 bits per heavy atom. The first-order chi connectivity index (χ1) is 13.0. The lowest BCUT2D eigenvalue weighted by molar-refractivity contribution is -0.0692. The number of thiazole rings is 1. The highest BCUT2D eigenvalue weighted by Gasteiger charge is 2.58. The van der Waals surface area contributed by atoms with Crippen LogP contribution in [0.25, 0.3) is 0 Å². The van der Waals surface area contributed by atoms with E-state index in [1.54, 1.807) is 6.20 Å². The zero-order valence-corrected chi connectivity index (χ0v) is 16.6. The highest BCUT2D eigenvalue weighted by molar-refractivity contribution is 7.13. The lowest BCUT2D eigenvalue weighted by Gasteiger charge is -2.62. The molecule has 0 aliphatic heterocycles. The minimum atomic E-state index is -0.120. The molecule has 142 valence electrons. The lowest BCUT2D eigenvalue weighted by atomic mass is 9.43. The Morgan fingerprint density at radius 3 is 2.59 bits per heavy atom. The quantitative estimate of drug-likeness (QED) is 0.773. The summed E-state index contributed by atoms with van der Waals surface area (Å²) in [5, 5.41) is 8.57. The molecule has 4 aliphatic rings. The molecule has 4 bridgehead atoms. The van der Waals surface area contributed by atoms with Crippen LogP contribution in [0.15, 0.2) is 35.8 Å². The van der Waals surface area contributed by atoms with E-state index in [1.807, 2.05) is 5.38 Å². The monoisotopic (exact) mass is 381 g/mol. The predicted molar refractivity (Wildman–Crippen MR) is 109 cm³/mol. The average molecular weight is 382 g/mol. The Labute approximate surface area is 164 Å². The fraction of sp³-hybridized carbons (Fsp3) is 0.545. The number of aryl methyl sites for hydroxylation is 1. The van der Waals surface area contributed by atoms with Crippen LogP contribution >= 0.6 is 11.3 Å². The normalized spacial score (nSPS) is 33.8. The number of aromatic nitrogens is 1. The van der Waals surface area contributed by atoms with E-state index >= 15 is 0 Å². The van der Waals surface area contributed by atoms with E-state index in [9.17, 15) is 4.79 Å². The molecular formula is C22H27N3OS. The fourth-order valence-electron chi connectivity index (χ4n) is 6.60. The standard InChI is InChI=1S/C22H27N3OS/c1-15-2-4-18(5-3-15)22-11-16-8-17(12-22)10-21(9-16,13-22)14-24-19(26)25-20-23-6-7-27-20/h2-7,16-17H,8-14H2,1H3,(H2,23,24,25,26). The minimum absolute atomic E-state index is 0.120. The van der Waals surface area contributed by atoms with Gasteiger partial charge < -0.3 is 5.32 Å². The Hall–Kier alpha value is -1.88. The first-order valence-electron chi connectivity index (χ1n) is 10.1. The van der Waals surface area contributed by atoms with E-state index in [0.717, 1.165) is 18.4 Å². The molecule has 2 aromatic rings. The molecule has 2 unspecified atom stereocenters. The summed E-state index contributed by atoms with van der Waals surface area (Å²) in [6.07, 6.45) is 9.53. The number of carbonyl (C=O) groups is 1. The topological polar surface area (TPSA) is 54.0 Å². The van der Waals surface area contributed by atoms with Crippen LogP contribution in [-0.2, 0) is 5.41 Å². The summed E-state index contributed by atoms with van der Waals surface area (Å²) in [5.41, 5.74) is 3.44. The number of carbonyl (C=O) groups excluding carboxylic acids is 1. The van der Waals surface area contributed by atoms with Gasteiger partial charge in [-0.15, -0.1) is 11.3 Å². The Kier molecular flexibility index (Phi) is 4.04. The van der Waals surface area contributed by atoms with Crippen LogP contribution in [-0.4, -0.2) is 17.6 Å². The van der Waals surface area contributed by atoms with Crippen molar-refractivity contribution < 1.29 is 4.79 Å². The van der Waals surface area contributed by atoms with Gasteiger partial charge in [0.2, 0.25) is 0 Å². The molecular weight excluding hydrogens is 354 g/mol. The van der Waals surface area contributed by atoms with Gasteiger partial charge in [0, 0.05) is 18.1 Å². The first kappa shape index (κ1) is 17.2. The zero-order chi connectivity index (χ0) is 18.5. The predicted octanol–water partition coefficient (Wildman–Crippen LogP) is 5.11. The van der Waals surface area contributed by atoms with E-state index in [4.69, 9.17) is 0 Å². The number of nitrogens with one attached hydrogen (secondary N) is 2. The smallest absolute Gasteiger partial charge is 0.321 e. The summed E-state index contributed by atoms with van der Waals surface area (Å²) in [7, 11) is 0. The van der Waals surface area contributed by atoms with Crippen molar-refractivity contribution in [1.82, 2.24) is 10.3 Å². The molecule has 6 rings (SSSR count). The molecule has 27 heavy (non-hydrogen) atoms. The second-order valence-electron chi connectivity index (χ2n) is 9.25. The molecule has 1 aromatic heterocycles. The number of hydrogen-bond donors (Lipinski definition) is 2. The fourth-order valence-corrected chi connectivity index (χ4v) is 7.12. The molecule has 2 amide bonds. The van der Waals surface area contributed by atoms with Gasteiger partial charge in [0.05, 0.1) is 0 Å². The second kappa shape index (κ2) is 6.33. The van der Waals surface area contributed by atoms with Crippen LogP contribution in [0.1, 0.15) is 49.7 Å². The van der Waals surface area contributed by atoms with Crippen LogP contribution in [0.4, 0.5) is 9.93 Å². The summed E-state index contributed by atoms with van der Waals surface area (Å²) in [6.45, 7) is 2.95. The number of urea groups is 1. The molecule has 0 spiro atoms. The molecule has 1 heterocycles. The van der Waals surface area contributed by atoms with Crippen LogP contribution < -0.4 is 10.6 Å².